The van der Waals surface area contributed by atoms with E-state index in [0.29, 0.717) is 12.1 Å². The molecule has 2 aromatic rings. The summed E-state index contributed by atoms with van der Waals surface area (Å²) in [6.07, 6.45) is -4.59. The first-order valence-electron chi connectivity index (χ1n) is 8.82. The van der Waals surface area contributed by atoms with Gasteiger partial charge in [-0.05, 0) is 36.4 Å². The van der Waals surface area contributed by atoms with Crippen molar-refractivity contribution < 1.29 is 31.2 Å². The first kappa shape index (κ1) is 23.4. The highest BCUT2D eigenvalue weighted by molar-refractivity contribution is 7.92. The maximum absolute atomic E-state index is 12.7. The maximum atomic E-state index is 12.7. The Kier molecular flexibility index (Phi) is 6.60. The summed E-state index contributed by atoms with van der Waals surface area (Å²) >= 11 is 0. The van der Waals surface area contributed by atoms with Crippen LogP contribution in [0.4, 0.5) is 18.9 Å². The summed E-state index contributed by atoms with van der Waals surface area (Å²) in [5.41, 5.74) is -1.74. The molecule has 0 aliphatic heterocycles. The number of para-hydroxylation sites is 1. The van der Waals surface area contributed by atoms with Gasteiger partial charge >= 0.3 is 6.18 Å². The fraction of sp³-hybridized carbons (Fsp3) is 0.300. The molecule has 1 amide bonds. The predicted octanol–water partition coefficient (Wildman–Crippen LogP) is 3.85. The van der Waals surface area contributed by atoms with Crippen molar-refractivity contribution in [2.24, 2.45) is 5.41 Å². The Balaban J connectivity index is 2.23. The number of carbonyl (C=O) groups excluding carboxylic acids is 2. The molecule has 0 radical (unpaired) electrons. The SMILES string of the molecule is CC(C)(C)C(=O)CNC(=O)c1ccccc1NS(=O)(=O)c1ccc(C(F)(F)F)cc1. The lowest BCUT2D eigenvalue weighted by molar-refractivity contribution is -0.137. The van der Waals surface area contributed by atoms with Gasteiger partial charge in [-0.2, -0.15) is 13.2 Å². The van der Waals surface area contributed by atoms with E-state index >= 15 is 0 Å². The molecule has 0 aliphatic carbocycles. The number of nitrogens with one attached hydrogen (secondary N) is 2. The highest BCUT2D eigenvalue weighted by atomic mass is 32.2. The van der Waals surface area contributed by atoms with E-state index in [2.05, 4.69) is 10.0 Å². The minimum Gasteiger partial charge on any atom is -0.345 e. The summed E-state index contributed by atoms with van der Waals surface area (Å²) in [4.78, 5) is 24.0. The second-order valence-corrected chi connectivity index (χ2v) is 9.21. The van der Waals surface area contributed by atoms with Crippen molar-refractivity contribution in [2.75, 3.05) is 11.3 Å². The van der Waals surface area contributed by atoms with Crippen LogP contribution in [0.2, 0.25) is 0 Å². The number of ketones is 1. The Labute approximate surface area is 172 Å². The summed E-state index contributed by atoms with van der Waals surface area (Å²) in [7, 11) is -4.25. The average molecular weight is 442 g/mol. The lowest BCUT2D eigenvalue weighted by atomic mass is 9.91. The summed E-state index contributed by atoms with van der Waals surface area (Å²) in [5, 5.41) is 2.45. The van der Waals surface area contributed by atoms with Gasteiger partial charge in [-0.1, -0.05) is 32.9 Å². The normalized spacial score (nSPS) is 12.3. The smallest absolute Gasteiger partial charge is 0.345 e. The lowest BCUT2D eigenvalue weighted by Gasteiger charge is -2.17. The number of alkyl halides is 3. The van der Waals surface area contributed by atoms with Crippen LogP contribution in [0.25, 0.3) is 0 Å². The minimum absolute atomic E-state index is 0.0327. The van der Waals surface area contributed by atoms with Crippen molar-refractivity contribution in [3.05, 3.63) is 59.7 Å². The second kappa shape index (κ2) is 8.47. The van der Waals surface area contributed by atoms with Crippen LogP contribution in [0.3, 0.4) is 0 Å². The van der Waals surface area contributed by atoms with Gasteiger partial charge in [0.25, 0.3) is 15.9 Å². The largest absolute Gasteiger partial charge is 0.416 e. The number of Topliss-reactive ketones (excluding diaryl/α,β-unsaturated/α-hetero) is 1. The number of carbonyl (C=O) groups is 2. The van der Waals surface area contributed by atoms with Gasteiger partial charge in [0.05, 0.1) is 28.3 Å². The van der Waals surface area contributed by atoms with E-state index in [1.807, 2.05) is 0 Å². The number of benzene rings is 2. The van der Waals surface area contributed by atoms with Crippen LogP contribution >= 0.6 is 0 Å². The van der Waals surface area contributed by atoms with Crippen molar-refractivity contribution >= 4 is 27.4 Å². The quantitative estimate of drug-likeness (QED) is 0.711. The highest BCUT2D eigenvalue weighted by Crippen LogP contribution is 2.30. The molecule has 0 heterocycles. The van der Waals surface area contributed by atoms with Crippen molar-refractivity contribution in [3.63, 3.8) is 0 Å². The molecule has 162 valence electrons. The molecular formula is C20H21F3N2O4S. The number of rotatable bonds is 6. The van der Waals surface area contributed by atoms with E-state index in [1.165, 1.54) is 24.3 Å². The van der Waals surface area contributed by atoms with Gasteiger partial charge in [-0.15, -0.1) is 0 Å². The topological polar surface area (TPSA) is 92.3 Å². The standard InChI is InChI=1S/C20H21F3N2O4S/c1-19(2,3)17(26)12-24-18(27)15-6-4-5-7-16(15)25-30(28,29)14-10-8-13(9-11-14)20(21,22)23/h4-11,25H,12H2,1-3H3,(H,24,27). The molecular weight excluding hydrogens is 421 g/mol. The molecule has 2 aromatic carbocycles. The number of anilines is 1. The predicted molar refractivity (Wildman–Crippen MR) is 105 cm³/mol. The molecule has 0 aromatic heterocycles. The van der Waals surface area contributed by atoms with E-state index in [9.17, 15) is 31.2 Å². The first-order chi connectivity index (χ1) is 13.7. The van der Waals surface area contributed by atoms with Crippen LogP contribution in [-0.4, -0.2) is 26.7 Å². The van der Waals surface area contributed by atoms with Crippen LogP contribution < -0.4 is 10.0 Å². The molecule has 0 saturated carbocycles. The Morgan fingerprint density at radius 2 is 1.50 bits per heavy atom. The third-order valence-electron chi connectivity index (χ3n) is 4.15. The Morgan fingerprint density at radius 3 is 2.03 bits per heavy atom. The molecule has 0 fully saturated rings. The van der Waals surface area contributed by atoms with E-state index in [1.54, 1.807) is 20.8 Å². The van der Waals surface area contributed by atoms with Gasteiger partial charge in [0.1, 0.15) is 0 Å². The van der Waals surface area contributed by atoms with E-state index in [0.717, 1.165) is 12.1 Å². The van der Waals surface area contributed by atoms with Crippen LogP contribution in [0.5, 0.6) is 0 Å². The van der Waals surface area contributed by atoms with Gasteiger partial charge in [-0.3, -0.25) is 14.3 Å². The number of sulfonamides is 1. The average Bonchev–Trinajstić information content (AvgIpc) is 2.64. The summed E-state index contributed by atoms with van der Waals surface area (Å²) < 4.78 is 65.3. The summed E-state index contributed by atoms with van der Waals surface area (Å²) in [5.74, 6) is -0.878. The third kappa shape index (κ3) is 5.82. The Morgan fingerprint density at radius 1 is 0.933 bits per heavy atom. The van der Waals surface area contributed by atoms with Crippen LogP contribution in [-0.2, 0) is 21.0 Å². The molecule has 0 saturated heterocycles. The fourth-order valence-electron chi connectivity index (χ4n) is 2.32. The van der Waals surface area contributed by atoms with E-state index in [-0.39, 0.29) is 23.6 Å². The molecule has 0 bridgehead atoms. The van der Waals surface area contributed by atoms with Crippen LogP contribution in [0.15, 0.2) is 53.4 Å². The summed E-state index contributed by atoms with van der Waals surface area (Å²) in [6, 6.07) is 8.67. The zero-order chi connectivity index (χ0) is 22.7. The van der Waals surface area contributed by atoms with Gasteiger partial charge < -0.3 is 5.32 Å². The molecule has 2 N–H and O–H groups in total. The first-order valence-corrected chi connectivity index (χ1v) is 10.3. The molecule has 2 rings (SSSR count). The van der Waals surface area contributed by atoms with E-state index < -0.39 is 38.0 Å². The lowest BCUT2D eigenvalue weighted by Crippen LogP contribution is -2.35. The Bertz CT molecular complexity index is 1040. The molecule has 0 aliphatic rings. The molecule has 0 atom stereocenters. The van der Waals surface area contributed by atoms with Crippen molar-refractivity contribution in [1.82, 2.24) is 5.32 Å². The molecule has 6 nitrogen and oxygen atoms in total. The zero-order valence-corrected chi connectivity index (χ0v) is 17.3. The molecule has 0 spiro atoms. The number of hydrogen-bond acceptors (Lipinski definition) is 4. The number of halogens is 3. The number of amides is 1. The van der Waals surface area contributed by atoms with Crippen molar-refractivity contribution in [2.45, 2.75) is 31.8 Å². The zero-order valence-electron chi connectivity index (χ0n) is 16.5. The monoisotopic (exact) mass is 442 g/mol. The third-order valence-corrected chi connectivity index (χ3v) is 5.54. The van der Waals surface area contributed by atoms with Gasteiger partial charge in [0.15, 0.2) is 5.78 Å². The number of hydrogen-bond donors (Lipinski definition) is 2. The molecule has 10 heteroatoms. The molecule has 0 unspecified atom stereocenters. The highest BCUT2D eigenvalue weighted by Gasteiger charge is 2.31. The van der Waals surface area contributed by atoms with Crippen molar-refractivity contribution in [3.8, 4) is 0 Å². The van der Waals surface area contributed by atoms with Crippen LogP contribution in [0, 0.1) is 5.41 Å². The summed E-state index contributed by atoms with van der Waals surface area (Å²) in [6.45, 7) is 4.87. The van der Waals surface area contributed by atoms with Gasteiger partial charge in [0, 0.05) is 5.41 Å². The van der Waals surface area contributed by atoms with Crippen molar-refractivity contribution in [1.29, 1.82) is 0 Å². The molecule has 30 heavy (non-hydrogen) atoms. The van der Waals surface area contributed by atoms with E-state index in [4.69, 9.17) is 0 Å². The minimum atomic E-state index is -4.59. The maximum Gasteiger partial charge on any atom is 0.416 e. The fourth-order valence-corrected chi connectivity index (χ4v) is 3.40. The second-order valence-electron chi connectivity index (χ2n) is 7.53. The van der Waals surface area contributed by atoms with Crippen LogP contribution in [0.1, 0.15) is 36.7 Å². The van der Waals surface area contributed by atoms with Gasteiger partial charge in [-0.25, -0.2) is 8.42 Å². The Hall–Kier alpha value is -2.88. The van der Waals surface area contributed by atoms with Gasteiger partial charge in [0.2, 0.25) is 0 Å².